The van der Waals surface area contributed by atoms with E-state index in [0.29, 0.717) is 12.8 Å². The van der Waals surface area contributed by atoms with Gasteiger partial charge >= 0.3 is 12.1 Å². The third-order valence-corrected chi connectivity index (χ3v) is 6.24. The van der Waals surface area contributed by atoms with E-state index in [0.717, 1.165) is 0 Å². The first-order valence-electron chi connectivity index (χ1n) is 8.89. The summed E-state index contributed by atoms with van der Waals surface area (Å²) in [4.78, 5) is 26.2. The highest BCUT2D eigenvalue weighted by atomic mass is 32.2. The summed E-state index contributed by atoms with van der Waals surface area (Å²) < 4.78 is 35.5. The van der Waals surface area contributed by atoms with Gasteiger partial charge in [-0.2, -0.15) is 0 Å². The lowest BCUT2D eigenvalue weighted by atomic mass is 9.94. The fourth-order valence-electron chi connectivity index (χ4n) is 3.12. The SMILES string of the molecule is COC(=O)[C@@H]1CC[C@@H](CS(=O)(=O)c2ccccc2)CN1C(=O)OC(C)(C)C. The molecule has 0 aliphatic carbocycles. The lowest BCUT2D eigenvalue weighted by Crippen LogP contribution is -2.53. The van der Waals surface area contributed by atoms with Crippen molar-refractivity contribution in [2.24, 2.45) is 5.92 Å². The molecule has 0 bridgehead atoms. The molecule has 0 aromatic heterocycles. The summed E-state index contributed by atoms with van der Waals surface area (Å²) in [5, 5.41) is 0. The van der Waals surface area contributed by atoms with Crippen LogP contribution >= 0.6 is 0 Å². The number of hydrogen-bond donors (Lipinski definition) is 0. The zero-order valence-corrected chi connectivity index (χ0v) is 17.0. The maximum absolute atomic E-state index is 12.7. The van der Waals surface area contributed by atoms with Crippen molar-refractivity contribution in [1.82, 2.24) is 4.90 Å². The quantitative estimate of drug-likeness (QED) is 0.726. The van der Waals surface area contributed by atoms with Crippen LogP contribution in [0, 0.1) is 5.92 Å². The second-order valence-corrected chi connectivity index (χ2v) is 9.74. The summed E-state index contributed by atoms with van der Waals surface area (Å²) in [5.41, 5.74) is -0.721. The number of amides is 1. The van der Waals surface area contributed by atoms with Gasteiger partial charge in [0.05, 0.1) is 17.8 Å². The highest BCUT2D eigenvalue weighted by Crippen LogP contribution is 2.27. The summed E-state index contributed by atoms with van der Waals surface area (Å²) >= 11 is 0. The maximum Gasteiger partial charge on any atom is 0.411 e. The second kappa shape index (κ2) is 8.29. The Bertz CT molecular complexity index is 769. The Labute approximate surface area is 160 Å². The van der Waals surface area contributed by atoms with Crippen molar-refractivity contribution in [3.05, 3.63) is 30.3 Å². The summed E-state index contributed by atoms with van der Waals surface area (Å²) in [6.07, 6.45) is 0.200. The van der Waals surface area contributed by atoms with E-state index in [1.807, 2.05) is 0 Å². The molecule has 0 saturated carbocycles. The number of carbonyl (C=O) groups excluding carboxylic acids is 2. The zero-order chi connectivity index (χ0) is 20.2. The summed E-state index contributed by atoms with van der Waals surface area (Å²) in [5.74, 6) is -0.904. The summed E-state index contributed by atoms with van der Waals surface area (Å²) in [7, 11) is -2.22. The normalized spacial score (nSPS) is 20.8. The maximum atomic E-state index is 12.7. The topological polar surface area (TPSA) is 90.0 Å². The van der Waals surface area contributed by atoms with Gasteiger partial charge in [0.25, 0.3) is 0 Å². The molecule has 2 rings (SSSR count). The van der Waals surface area contributed by atoms with E-state index in [4.69, 9.17) is 9.47 Å². The molecule has 1 fully saturated rings. The second-order valence-electron chi connectivity index (χ2n) is 7.71. The molecule has 0 N–H and O–H groups in total. The van der Waals surface area contributed by atoms with Gasteiger partial charge in [0.2, 0.25) is 0 Å². The molecule has 7 nitrogen and oxygen atoms in total. The van der Waals surface area contributed by atoms with Crippen LogP contribution in [-0.2, 0) is 24.1 Å². The van der Waals surface area contributed by atoms with Crippen LogP contribution < -0.4 is 0 Å². The number of carbonyl (C=O) groups is 2. The van der Waals surface area contributed by atoms with Crippen molar-refractivity contribution in [2.75, 3.05) is 19.4 Å². The highest BCUT2D eigenvalue weighted by Gasteiger charge is 2.40. The first kappa shape index (κ1) is 21.2. The van der Waals surface area contributed by atoms with Crippen LogP contribution in [0.3, 0.4) is 0 Å². The molecule has 2 atom stereocenters. The Morgan fingerprint density at radius 1 is 1.15 bits per heavy atom. The van der Waals surface area contributed by atoms with E-state index < -0.39 is 33.5 Å². The van der Waals surface area contributed by atoms with Gasteiger partial charge in [0, 0.05) is 6.54 Å². The first-order chi connectivity index (χ1) is 12.5. The molecule has 0 radical (unpaired) electrons. The Hall–Kier alpha value is -2.09. The Balaban J connectivity index is 2.17. The minimum atomic E-state index is -3.48. The number of piperidine rings is 1. The third kappa shape index (κ3) is 5.69. The summed E-state index contributed by atoms with van der Waals surface area (Å²) in [6.45, 7) is 5.33. The number of esters is 1. The van der Waals surface area contributed by atoms with Gasteiger partial charge < -0.3 is 9.47 Å². The molecule has 150 valence electrons. The van der Waals surface area contributed by atoms with Crippen molar-refractivity contribution in [2.45, 2.75) is 50.2 Å². The van der Waals surface area contributed by atoms with Gasteiger partial charge in [0.15, 0.2) is 9.84 Å². The molecule has 1 amide bonds. The van der Waals surface area contributed by atoms with Crippen LogP contribution in [0.2, 0.25) is 0 Å². The lowest BCUT2D eigenvalue weighted by Gasteiger charge is -2.38. The number of likely N-dealkylation sites (tertiary alicyclic amines) is 1. The standard InChI is InChI=1S/C19H27NO6S/c1-19(2,3)26-18(22)20-12-14(10-11-16(20)17(21)25-4)13-27(23,24)15-8-6-5-7-9-15/h5-9,14,16H,10-13H2,1-4H3/t14-,16+/m1/s1. The van der Waals surface area contributed by atoms with E-state index in [1.54, 1.807) is 51.1 Å². The van der Waals surface area contributed by atoms with Crippen molar-refractivity contribution < 1.29 is 27.5 Å². The first-order valence-corrected chi connectivity index (χ1v) is 10.5. The van der Waals surface area contributed by atoms with E-state index in [2.05, 4.69) is 0 Å². The Morgan fingerprint density at radius 3 is 2.33 bits per heavy atom. The van der Waals surface area contributed by atoms with Crippen LogP contribution in [0.25, 0.3) is 0 Å². The summed E-state index contributed by atoms with van der Waals surface area (Å²) in [6, 6.07) is 7.45. The molecule has 1 aliphatic heterocycles. The number of benzene rings is 1. The third-order valence-electron chi connectivity index (χ3n) is 4.34. The van der Waals surface area contributed by atoms with E-state index in [9.17, 15) is 18.0 Å². The average Bonchev–Trinajstić information content (AvgIpc) is 2.60. The molecule has 1 aliphatic rings. The average molecular weight is 397 g/mol. The number of methoxy groups -OCH3 is 1. The number of ether oxygens (including phenoxy) is 2. The van der Waals surface area contributed by atoms with Crippen molar-refractivity contribution >= 4 is 21.9 Å². The number of rotatable bonds is 4. The predicted octanol–water partition coefficient (Wildman–Crippen LogP) is 2.65. The Kier molecular flexibility index (Phi) is 6.51. The molecule has 0 unspecified atom stereocenters. The van der Waals surface area contributed by atoms with Crippen molar-refractivity contribution in [1.29, 1.82) is 0 Å². The molecular weight excluding hydrogens is 370 g/mol. The minimum absolute atomic E-state index is 0.0931. The predicted molar refractivity (Wildman–Crippen MR) is 100.0 cm³/mol. The smallest absolute Gasteiger partial charge is 0.411 e. The lowest BCUT2D eigenvalue weighted by molar-refractivity contribution is -0.148. The molecular formula is C19H27NO6S. The number of sulfone groups is 1. The van der Waals surface area contributed by atoms with Crippen molar-refractivity contribution in [3.63, 3.8) is 0 Å². The van der Waals surface area contributed by atoms with E-state index in [-0.39, 0.29) is 23.1 Å². The van der Waals surface area contributed by atoms with Crippen LogP contribution in [0.1, 0.15) is 33.6 Å². The zero-order valence-electron chi connectivity index (χ0n) is 16.2. The highest BCUT2D eigenvalue weighted by molar-refractivity contribution is 7.91. The molecule has 1 saturated heterocycles. The van der Waals surface area contributed by atoms with Crippen molar-refractivity contribution in [3.8, 4) is 0 Å². The Morgan fingerprint density at radius 2 is 1.78 bits per heavy atom. The van der Waals surface area contributed by atoms with Crippen LogP contribution in [0.15, 0.2) is 35.2 Å². The molecule has 1 heterocycles. The fraction of sp³-hybridized carbons (Fsp3) is 0.579. The van der Waals surface area contributed by atoms with Gasteiger partial charge in [-0.1, -0.05) is 18.2 Å². The van der Waals surface area contributed by atoms with Gasteiger partial charge in [-0.15, -0.1) is 0 Å². The molecule has 1 aromatic carbocycles. The van der Waals surface area contributed by atoms with Gasteiger partial charge in [-0.05, 0) is 51.7 Å². The minimum Gasteiger partial charge on any atom is -0.467 e. The van der Waals surface area contributed by atoms with Crippen LogP contribution in [0.4, 0.5) is 4.79 Å². The van der Waals surface area contributed by atoms with Gasteiger partial charge in [-0.25, -0.2) is 18.0 Å². The monoisotopic (exact) mass is 397 g/mol. The van der Waals surface area contributed by atoms with Crippen LogP contribution in [0.5, 0.6) is 0 Å². The van der Waals surface area contributed by atoms with E-state index >= 15 is 0 Å². The number of nitrogens with zero attached hydrogens (tertiary/aromatic N) is 1. The van der Waals surface area contributed by atoms with Gasteiger partial charge in [-0.3, -0.25) is 4.90 Å². The molecule has 8 heteroatoms. The largest absolute Gasteiger partial charge is 0.467 e. The van der Waals surface area contributed by atoms with Crippen LogP contribution in [-0.4, -0.2) is 56.4 Å². The number of hydrogen-bond acceptors (Lipinski definition) is 6. The molecule has 27 heavy (non-hydrogen) atoms. The fourth-order valence-corrected chi connectivity index (χ4v) is 4.78. The van der Waals surface area contributed by atoms with E-state index in [1.165, 1.54) is 12.0 Å². The van der Waals surface area contributed by atoms with Gasteiger partial charge in [0.1, 0.15) is 11.6 Å². The molecule has 1 aromatic rings. The molecule has 0 spiro atoms.